The molecule has 164 valence electrons. The summed E-state index contributed by atoms with van der Waals surface area (Å²) in [5.41, 5.74) is 3.16. The molecule has 2 atom stereocenters. The van der Waals surface area contributed by atoms with Crippen molar-refractivity contribution in [2.24, 2.45) is 11.8 Å². The van der Waals surface area contributed by atoms with Crippen molar-refractivity contribution in [1.29, 1.82) is 0 Å². The number of nitrogens with zero attached hydrogens (tertiary/aromatic N) is 3. The maximum absolute atomic E-state index is 13.2. The minimum atomic E-state index is -0.364. The first-order valence-corrected chi connectivity index (χ1v) is 11.1. The molecule has 0 aliphatic carbocycles. The second-order valence-electron chi connectivity index (χ2n) is 8.90. The fourth-order valence-corrected chi connectivity index (χ4v) is 4.71. The lowest BCUT2D eigenvalue weighted by Crippen LogP contribution is -2.61. The van der Waals surface area contributed by atoms with E-state index < -0.39 is 0 Å². The second-order valence-corrected chi connectivity index (χ2v) is 8.90. The molecule has 2 aromatic carbocycles. The van der Waals surface area contributed by atoms with Crippen LogP contribution in [0.25, 0.3) is 0 Å². The highest BCUT2D eigenvalue weighted by atomic mass is 16.6. The first-order chi connectivity index (χ1) is 14.9. The van der Waals surface area contributed by atoms with E-state index in [4.69, 9.17) is 0 Å². The van der Waals surface area contributed by atoms with Crippen molar-refractivity contribution in [2.45, 2.75) is 32.7 Å². The molecule has 2 heterocycles. The third kappa shape index (κ3) is 4.50. The second kappa shape index (κ2) is 8.96. The number of carbonyl (C=O) groups is 1. The minimum Gasteiger partial charge on any atom is -0.368 e. The largest absolute Gasteiger partial charge is 0.368 e. The van der Waals surface area contributed by atoms with Gasteiger partial charge in [-0.2, -0.15) is 0 Å². The van der Waals surface area contributed by atoms with Gasteiger partial charge >= 0.3 is 0 Å². The topological polar surface area (TPSA) is 78.7 Å². The number of para-hydroxylation sites is 1. The molecule has 7 heteroatoms. The number of anilines is 2. The van der Waals surface area contributed by atoms with E-state index in [9.17, 15) is 14.9 Å². The van der Waals surface area contributed by atoms with Crippen LogP contribution in [-0.2, 0) is 11.2 Å². The van der Waals surface area contributed by atoms with E-state index in [1.165, 1.54) is 0 Å². The van der Waals surface area contributed by atoms with Crippen molar-refractivity contribution < 1.29 is 9.72 Å². The van der Waals surface area contributed by atoms with Gasteiger partial charge < -0.3 is 15.1 Å². The third-order valence-electron chi connectivity index (χ3n) is 6.39. The smallest absolute Gasteiger partial charge is 0.269 e. The van der Waals surface area contributed by atoms with Gasteiger partial charge in [-0.05, 0) is 42.5 Å². The van der Waals surface area contributed by atoms with Gasteiger partial charge in [0.2, 0.25) is 5.91 Å². The zero-order valence-corrected chi connectivity index (χ0v) is 18.2. The van der Waals surface area contributed by atoms with Crippen molar-refractivity contribution in [3.8, 4) is 0 Å². The average Bonchev–Trinajstić information content (AvgIpc) is 2.78. The molecule has 2 aliphatic rings. The molecule has 0 aromatic heterocycles. The molecule has 4 rings (SSSR count). The van der Waals surface area contributed by atoms with Crippen molar-refractivity contribution in [3.05, 3.63) is 64.2 Å². The number of benzene rings is 2. The molecule has 0 radical (unpaired) electrons. The number of non-ortho nitro benzene ring substituents is 1. The van der Waals surface area contributed by atoms with Crippen molar-refractivity contribution in [1.82, 2.24) is 5.32 Å². The molecular weight excluding hydrogens is 392 g/mol. The number of nitro benzene ring substituents is 1. The molecule has 7 nitrogen and oxygen atoms in total. The standard InChI is InChI=1S/C24H30N4O3/c1-17(2)10-11-25-24(29)21-15-18-14-20(28(30)31)8-9-22(18)27-13-12-26(16-23(21)27)19-6-4-3-5-7-19/h3-9,14,17,21,23H,10-13,15-16H2,1-2H3,(H,25,29). The van der Waals surface area contributed by atoms with Crippen molar-refractivity contribution in [2.75, 3.05) is 36.0 Å². The molecule has 31 heavy (non-hydrogen) atoms. The Kier molecular flexibility index (Phi) is 6.11. The maximum Gasteiger partial charge on any atom is 0.269 e. The van der Waals surface area contributed by atoms with Gasteiger partial charge in [-0.3, -0.25) is 14.9 Å². The summed E-state index contributed by atoms with van der Waals surface area (Å²) < 4.78 is 0. The fraction of sp³-hybridized carbons (Fsp3) is 0.458. The van der Waals surface area contributed by atoms with Crippen LogP contribution in [0.5, 0.6) is 0 Å². The van der Waals surface area contributed by atoms with E-state index in [2.05, 4.69) is 41.1 Å². The summed E-state index contributed by atoms with van der Waals surface area (Å²) in [5.74, 6) is 0.325. The van der Waals surface area contributed by atoms with Gasteiger partial charge in [-0.15, -0.1) is 0 Å². The summed E-state index contributed by atoms with van der Waals surface area (Å²) in [7, 11) is 0. The van der Waals surface area contributed by atoms with E-state index in [1.807, 2.05) is 24.3 Å². The number of fused-ring (bicyclic) bond motifs is 3. The van der Waals surface area contributed by atoms with E-state index in [0.29, 0.717) is 18.9 Å². The van der Waals surface area contributed by atoms with Crippen molar-refractivity contribution in [3.63, 3.8) is 0 Å². The van der Waals surface area contributed by atoms with Crippen molar-refractivity contribution >= 4 is 23.0 Å². The van der Waals surface area contributed by atoms with Gasteiger partial charge in [0.25, 0.3) is 5.69 Å². The zero-order valence-electron chi connectivity index (χ0n) is 18.2. The van der Waals surface area contributed by atoms with Gasteiger partial charge in [0, 0.05) is 49.7 Å². The van der Waals surface area contributed by atoms with Crippen LogP contribution in [0, 0.1) is 22.0 Å². The number of amides is 1. The molecule has 2 aromatic rings. The van der Waals surface area contributed by atoms with Crippen LogP contribution < -0.4 is 15.1 Å². The Hall–Kier alpha value is -3.09. The summed E-state index contributed by atoms with van der Waals surface area (Å²) in [5, 5.41) is 14.4. The van der Waals surface area contributed by atoms with E-state index in [0.717, 1.165) is 43.0 Å². The fourth-order valence-electron chi connectivity index (χ4n) is 4.71. The van der Waals surface area contributed by atoms with E-state index in [1.54, 1.807) is 12.1 Å². The van der Waals surface area contributed by atoms with Crippen LogP contribution in [0.2, 0.25) is 0 Å². The number of hydrogen-bond donors (Lipinski definition) is 1. The van der Waals surface area contributed by atoms with Gasteiger partial charge in [0.05, 0.1) is 16.9 Å². The molecule has 2 aliphatic heterocycles. The molecule has 1 N–H and O–H groups in total. The Morgan fingerprint density at radius 1 is 1.19 bits per heavy atom. The van der Waals surface area contributed by atoms with Gasteiger partial charge in [0.1, 0.15) is 0 Å². The van der Waals surface area contributed by atoms with Crippen LogP contribution in [-0.4, -0.2) is 43.1 Å². The Morgan fingerprint density at radius 3 is 2.68 bits per heavy atom. The highest BCUT2D eigenvalue weighted by Gasteiger charge is 2.42. The highest BCUT2D eigenvalue weighted by Crippen LogP contribution is 2.38. The predicted octanol–water partition coefficient (Wildman–Crippen LogP) is 3.62. The molecule has 0 bridgehead atoms. The highest BCUT2D eigenvalue weighted by molar-refractivity contribution is 5.82. The molecule has 1 amide bonds. The number of nitrogens with one attached hydrogen (secondary N) is 1. The monoisotopic (exact) mass is 422 g/mol. The van der Waals surface area contributed by atoms with Gasteiger partial charge in [-0.25, -0.2) is 0 Å². The molecule has 1 fully saturated rings. The zero-order chi connectivity index (χ0) is 22.0. The number of piperazine rings is 1. The minimum absolute atomic E-state index is 0.0296. The molecular formula is C24H30N4O3. The summed E-state index contributed by atoms with van der Waals surface area (Å²) in [6.45, 7) is 7.32. The lowest BCUT2D eigenvalue weighted by Gasteiger charge is -2.49. The van der Waals surface area contributed by atoms with Crippen LogP contribution in [0.15, 0.2) is 48.5 Å². The molecule has 0 saturated carbocycles. The Balaban J connectivity index is 1.62. The summed E-state index contributed by atoms with van der Waals surface area (Å²) in [6.07, 6.45) is 1.46. The van der Waals surface area contributed by atoms with Crippen LogP contribution in [0.4, 0.5) is 17.1 Å². The lowest BCUT2D eigenvalue weighted by atomic mass is 9.83. The summed E-state index contributed by atoms with van der Waals surface area (Å²) >= 11 is 0. The quantitative estimate of drug-likeness (QED) is 0.568. The predicted molar refractivity (Wildman–Crippen MR) is 123 cm³/mol. The SMILES string of the molecule is CC(C)CCNC(=O)C1Cc2cc([N+](=O)[O-])ccc2N2CCN(c3ccccc3)CC12. The Labute approximate surface area is 183 Å². The number of carbonyl (C=O) groups excluding carboxylic acids is 1. The Morgan fingerprint density at radius 2 is 1.97 bits per heavy atom. The lowest BCUT2D eigenvalue weighted by molar-refractivity contribution is -0.384. The first kappa shape index (κ1) is 21.2. The van der Waals surface area contributed by atoms with E-state index >= 15 is 0 Å². The Bertz CT molecular complexity index is 947. The van der Waals surface area contributed by atoms with Gasteiger partial charge in [-0.1, -0.05) is 32.0 Å². The average molecular weight is 423 g/mol. The number of rotatable bonds is 6. The first-order valence-electron chi connectivity index (χ1n) is 11.1. The van der Waals surface area contributed by atoms with Gasteiger partial charge in [0.15, 0.2) is 0 Å². The van der Waals surface area contributed by atoms with E-state index in [-0.39, 0.29) is 28.5 Å². The normalized spacial score (nSPS) is 20.2. The summed E-state index contributed by atoms with van der Waals surface area (Å²) in [6, 6.07) is 15.4. The molecule has 1 saturated heterocycles. The molecule has 2 unspecified atom stereocenters. The maximum atomic E-state index is 13.2. The summed E-state index contributed by atoms with van der Waals surface area (Å²) in [4.78, 5) is 28.8. The van der Waals surface area contributed by atoms with Crippen LogP contribution >= 0.6 is 0 Å². The number of nitro groups is 1. The van der Waals surface area contributed by atoms with Crippen LogP contribution in [0.3, 0.4) is 0 Å². The van der Waals surface area contributed by atoms with Crippen LogP contribution in [0.1, 0.15) is 25.8 Å². The number of hydrogen-bond acceptors (Lipinski definition) is 5. The molecule has 0 spiro atoms. The third-order valence-corrected chi connectivity index (χ3v) is 6.39.